The summed E-state index contributed by atoms with van der Waals surface area (Å²) in [6, 6.07) is 6.38. The maximum Gasteiger partial charge on any atom is 0.272 e. The smallest absolute Gasteiger partial charge is 0.272 e. The number of nitro benzene ring substituents is 1. The summed E-state index contributed by atoms with van der Waals surface area (Å²) in [5.41, 5.74) is 0.799. The molecule has 0 bridgehead atoms. The molecule has 6 nitrogen and oxygen atoms in total. The van der Waals surface area contributed by atoms with Crippen LogP contribution in [0.25, 0.3) is 0 Å². The first-order chi connectivity index (χ1) is 9.47. The fourth-order valence-corrected chi connectivity index (χ4v) is 1.90. The summed E-state index contributed by atoms with van der Waals surface area (Å²) < 4.78 is 0. The predicted octanol–water partition coefficient (Wildman–Crippen LogP) is 1.59. The van der Waals surface area contributed by atoms with Crippen LogP contribution in [-0.4, -0.2) is 41.9 Å². The molecule has 0 radical (unpaired) electrons. The Balaban J connectivity index is 2.53. The number of likely N-dealkylation sites (N-methyl/N-ethyl adjacent to an activating group) is 1. The van der Waals surface area contributed by atoms with Crippen LogP contribution in [0, 0.1) is 10.1 Å². The number of benzene rings is 1. The van der Waals surface area contributed by atoms with E-state index in [9.17, 15) is 14.9 Å². The van der Waals surface area contributed by atoms with Crippen molar-refractivity contribution in [1.82, 2.24) is 10.2 Å². The number of rotatable bonds is 7. The van der Waals surface area contributed by atoms with E-state index in [0.717, 1.165) is 0 Å². The number of carbonyl (C=O) groups excluding carboxylic acids is 1. The van der Waals surface area contributed by atoms with Gasteiger partial charge in [0.15, 0.2) is 0 Å². The van der Waals surface area contributed by atoms with E-state index in [4.69, 9.17) is 0 Å². The van der Waals surface area contributed by atoms with Crippen LogP contribution >= 0.6 is 0 Å². The van der Waals surface area contributed by atoms with Crippen molar-refractivity contribution in [3.63, 3.8) is 0 Å². The van der Waals surface area contributed by atoms with Gasteiger partial charge < -0.3 is 10.2 Å². The lowest BCUT2D eigenvalue weighted by molar-refractivity contribution is -0.385. The van der Waals surface area contributed by atoms with E-state index in [-0.39, 0.29) is 22.6 Å². The van der Waals surface area contributed by atoms with Crippen molar-refractivity contribution in [2.75, 3.05) is 20.1 Å². The Morgan fingerprint density at radius 1 is 1.45 bits per heavy atom. The summed E-state index contributed by atoms with van der Waals surface area (Å²) in [5, 5.41) is 14.0. The molecule has 1 atom stereocenters. The highest BCUT2D eigenvalue weighted by molar-refractivity contribution is 5.81. The average molecular weight is 279 g/mol. The van der Waals surface area contributed by atoms with Crippen molar-refractivity contribution < 1.29 is 9.72 Å². The molecule has 0 saturated carbocycles. The minimum atomic E-state index is -0.380. The molecule has 1 rings (SSSR count). The standard InChI is InChI=1S/C14H21N3O3/c1-4-16(3)14(18)11(2)15-10-9-12-7-5-6-8-13(12)17(19)20/h5-8,11,15H,4,9-10H2,1-3H3. The summed E-state index contributed by atoms with van der Waals surface area (Å²) in [7, 11) is 1.75. The molecule has 0 aromatic heterocycles. The molecule has 1 aromatic carbocycles. The zero-order chi connectivity index (χ0) is 15.1. The van der Waals surface area contributed by atoms with Crippen LogP contribution < -0.4 is 5.32 Å². The van der Waals surface area contributed by atoms with Gasteiger partial charge in [0.1, 0.15) is 0 Å². The monoisotopic (exact) mass is 279 g/mol. The molecule has 110 valence electrons. The van der Waals surface area contributed by atoms with Crippen LogP contribution in [0.1, 0.15) is 19.4 Å². The second-order valence-electron chi connectivity index (χ2n) is 4.66. The van der Waals surface area contributed by atoms with Crippen LogP contribution in [0.5, 0.6) is 0 Å². The number of amides is 1. The highest BCUT2D eigenvalue weighted by Gasteiger charge is 2.16. The number of nitrogens with zero attached hydrogens (tertiary/aromatic N) is 2. The molecule has 0 saturated heterocycles. The number of hydrogen-bond donors (Lipinski definition) is 1. The maximum atomic E-state index is 11.8. The third-order valence-electron chi connectivity index (χ3n) is 3.25. The second-order valence-corrected chi connectivity index (χ2v) is 4.66. The lowest BCUT2D eigenvalue weighted by Crippen LogP contribution is -2.43. The quantitative estimate of drug-likeness (QED) is 0.607. The van der Waals surface area contributed by atoms with E-state index in [2.05, 4.69) is 5.32 Å². The van der Waals surface area contributed by atoms with Crippen LogP contribution in [0.4, 0.5) is 5.69 Å². The normalized spacial score (nSPS) is 11.9. The van der Waals surface area contributed by atoms with Gasteiger partial charge in [-0.25, -0.2) is 0 Å². The van der Waals surface area contributed by atoms with E-state index in [1.165, 1.54) is 6.07 Å². The minimum absolute atomic E-state index is 0.0232. The Kier molecular flexibility index (Phi) is 6.11. The molecule has 0 aliphatic heterocycles. The average Bonchev–Trinajstić information content (AvgIpc) is 2.45. The first-order valence-corrected chi connectivity index (χ1v) is 6.68. The summed E-state index contributed by atoms with van der Waals surface area (Å²) in [6.45, 7) is 4.90. The van der Waals surface area contributed by atoms with Crippen molar-refractivity contribution in [2.24, 2.45) is 0 Å². The van der Waals surface area contributed by atoms with E-state index in [0.29, 0.717) is 25.1 Å². The van der Waals surface area contributed by atoms with Gasteiger partial charge in [-0.3, -0.25) is 14.9 Å². The number of nitrogens with one attached hydrogen (secondary N) is 1. The number of para-hydroxylation sites is 1. The lowest BCUT2D eigenvalue weighted by atomic mass is 10.1. The molecule has 0 aliphatic rings. The number of carbonyl (C=O) groups is 1. The molecule has 1 N–H and O–H groups in total. The lowest BCUT2D eigenvalue weighted by Gasteiger charge is -2.20. The zero-order valence-corrected chi connectivity index (χ0v) is 12.1. The Labute approximate surface area is 118 Å². The van der Waals surface area contributed by atoms with Crippen molar-refractivity contribution in [3.05, 3.63) is 39.9 Å². The SMILES string of the molecule is CCN(C)C(=O)C(C)NCCc1ccccc1[N+](=O)[O-]. The fraction of sp³-hybridized carbons (Fsp3) is 0.500. The number of nitro groups is 1. The topological polar surface area (TPSA) is 75.5 Å². The van der Waals surface area contributed by atoms with Gasteiger partial charge in [0, 0.05) is 31.8 Å². The molecule has 0 spiro atoms. The third kappa shape index (κ3) is 4.31. The maximum absolute atomic E-state index is 11.8. The number of hydrogen-bond acceptors (Lipinski definition) is 4. The zero-order valence-electron chi connectivity index (χ0n) is 12.1. The van der Waals surface area contributed by atoms with Crippen LogP contribution in [0.2, 0.25) is 0 Å². The summed E-state index contributed by atoms with van der Waals surface area (Å²) in [4.78, 5) is 24.0. The molecule has 0 heterocycles. The third-order valence-corrected chi connectivity index (χ3v) is 3.25. The van der Waals surface area contributed by atoms with E-state index in [1.807, 2.05) is 6.92 Å². The molecule has 6 heteroatoms. The first kappa shape index (κ1) is 16.1. The van der Waals surface area contributed by atoms with Crippen LogP contribution in [-0.2, 0) is 11.2 Å². The molecule has 0 aliphatic carbocycles. The summed E-state index contributed by atoms with van der Waals surface area (Å²) in [5.74, 6) is 0.0232. The Morgan fingerprint density at radius 3 is 2.70 bits per heavy atom. The molecular weight excluding hydrogens is 258 g/mol. The minimum Gasteiger partial charge on any atom is -0.345 e. The first-order valence-electron chi connectivity index (χ1n) is 6.68. The molecule has 0 fully saturated rings. The van der Waals surface area contributed by atoms with Gasteiger partial charge in [-0.05, 0) is 20.3 Å². The van der Waals surface area contributed by atoms with Crippen molar-refractivity contribution in [3.8, 4) is 0 Å². The van der Waals surface area contributed by atoms with E-state index < -0.39 is 0 Å². The van der Waals surface area contributed by atoms with Gasteiger partial charge in [0.2, 0.25) is 5.91 Å². The molecule has 20 heavy (non-hydrogen) atoms. The highest BCUT2D eigenvalue weighted by atomic mass is 16.6. The Hall–Kier alpha value is -1.95. The van der Waals surface area contributed by atoms with Crippen molar-refractivity contribution in [2.45, 2.75) is 26.3 Å². The predicted molar refractivity (Wildman–Crippen MR) is 77.6 cm³/mol. The van der Waals surface area contributed by atoms with Gasteiger partial charge in [0.05, 0.1) is 11.0 Å². The van der Waals surface area contributed by atoms with Gasteiger partial charge in [-0.2, -0.15) is 0 Å². The van der Waals surface area contributed by atoms with Crippen molar-refractivity contribution in [1.29, 1.82) is 0 Å². The van der Waals surface area contributed by atoms with Crippen molar-refractivity contribution >= 4 is 11.6 Å². The molecular formula is C14H21N3O3. The highest BCUT2D eigenvalue weighted by Crippen LogP contribution is 2.17. The summed E-state index contributed by atoms with van der Waals surface area (Å²) in [6.07, 6.45) is 0.518. The Morgan fingerprint density at radius 2 is 2.10 bits per heavy atom. The largest absolute Gasteiger partial charge is 0.345 e. The van der Waals surface area contributed by atoms with Gasteiger partial charge in [0.25, 0.3) is 5.69 Å². The Bertz CT molecular complexity index is 476. The van der Waals surface area contributed by atoms with Gasteiger partial charge in [-0.1, -0.05) is 18.2 Å². The molecule has 1 aromatic rings. The van der Waals surface area contributed by atoms with E-state index in [1.54, 1.807) is 37.1 Å². The summed E-state index contributed by atoms with van der Waals surface area (Å²) >= 11 is 0. The molecule has 1 unspecified atom stereocenters. The van der Waals surface area contributed by atoms with Crippen LogP contribution in [0.15, 0.2) is 24.3 Å². The van der Waals surface area contributed by atoms with Crippen LogP contribution in [0.3, 0.4) is 0 Å². The van der Waals surface area contributed by atoms with E-state index >= 15 is 0 Å². The molecule has 1 amide bonds. The van der Waals surface area contributed by atoms with Gasteiger partial charge in [-0.15, -0.1) is 0 Å². The van der Waals surface area contributed by atoms with Gasteiger partial charge >= 0.3 is 0 Å². The second kappa shape index (κ2) is 7.59. The fourth-order valence-electron chi connectivity index (χ4n) is 1.90.